The second-order valence-electron chi connectivity index (χ2n) is 6.46. The molecule has 12 heteroatoms. The third-order valence-electron chi connectivity index (χ3n) is 4.31. The van der Waals surface area contributed by atoms with Crippen molar-refractivity contribution in [3.05, 3.63) is 69.4 Å². The van der Waals surface area contributed by atoms with Crippen LogP contribution >= 0.6 is 11.6 Å². The topological polar surface area (TPSA) is 150 Å². The Morgan fingerprint density at radius 3 is 2.32 bits per heavy atom. The van der Waals surface area contributed by atoms with Crippen molar-refractivity contribution in [2.45, 2.75) is 17.9 Å². The highest BCUT2D eigenvalue weighted by atomic mass is 35.5. The molecular formula is C19H19ClN4O6S. The van der Waals surface area contributed by atoms with Gasteiger partial charge in [0.25, 0.3) is 5.09 Å². The number of nitrogens with one attached hydrogen (secondary N) is 1. The van der Waals surface area contributed by atoms with Crippen molar-refractivity contribution in [1.29, 1.82) is 0 Å². The first kappa shape index (κ1) is 22.7. The Labute approximate surface area is 183 Å². The summed E-state index contributed by atoms with van der Waals surface area (Å²) in [6.07, 6.45) is 0.341. The number of H-pyrrole nitrogens is 1. The summed E-state index contributed by atoms with van der Waals surface area (Å²) in [5.41, 5.74) is 3.55. The van der Waals surface area contributed by atoms with E-state index in [9.17, 15) is 18.5 Å². The van der Waals surface area contributed by atoms with E-state index in [-0.39, 0.29) is 24.7 Å². The molecule has 0 amide bonds. The SMILES string of the molecule is NS(=O)(=O)c1ccc(-c2c(COCCCO[N+](=O)[O-])n[nH]c2-c2ccc(Cl)cc2)cc1. The molecule has 0 bridgehead atoms. The van der Waals surface area contributed by atoms with Crippen molar-refractivity contribution in [3.8, 4) is 22.4 Å². The molecule has 1 heterocycles. The van der Waals surface area contributed by atoms with Crippen LogP contribution in [-0.2, 0) is 26.2 Å². The highest BCUT2D eigenvalue weighted by Gasteiger charge is 2.18. The van der Waals surface area contributed by atoms with E-state index < -0.39 is 15.1 Å². The number of ether oxygens (including phenoxy) is 1. The second kappa shape index (κ2) is 9.88. The Hall–Kier alpha value is -2.99. The number of rotatable bonds is 10. The van der Waals surface area contributed by atoms with Crippen molar-refractivity contribution in [3.63, 3.8) is 0 Å². The number of primary sulfonamides is 1. The van der Waals surface area contributed by atoms with Crippen molar-refractivity contribution in [1.82, 2.24) is 10.2 Å². The summed E-state index contributed by atoms with van der Waals surface area (Å²) in [4.78, 5) is 14.4. The summed E-state index contributed by atoms with van der Waals surface area (Å²) < 4.78 is 28.7. The molecule has 0 saturated carbocycles. The fourth-order valence-corrected chi connectivity index (χ4v) is 3.54. The second-order valence-corrected chi connectivity index (χ2v) is 8.46. The van der Waals surface area contributed by atoms with E-state index in [4.69, 9.17) is 21.5 Å². The third-order valence-corrected chi connectivity index (χ3v) is 5.50. The smallest absolute Gasteiger partial charge is 0.294 e. The lowest BCUT2D eigenvalue weighted by Gasteiger charge is -2.09. The predicted molar refractivity (Wildman–Crippen MR) is 113 cm³/mol. The average molecular weight is 467 g/mol. The minimum Gasteiger partial charge on any atom is -0.375 e. The van der Waals surface area contributed by atoms with Gasteiger partial charge in [-0.25, -0.2) is 13.6 Å². The molecule has 164 valence electrons. The van der Waals surface area contributed by atoms with E-state index in [2.05, 4.69) is 15.0 Å². The van der Waals surface area contributed by atoms with Gasteiger partial charge in [0.15, 0.2) is 0 Å². The minimum absolute atomic E-state index is 0.00335. The Kier molecular flexibility index (Phi) is 7.23. The predicted octanol–water partition coefficient (Wildman–Crippen LogP) is 3.16. The van der Waals surface area contributed by atoms with Crippen molar-refractivity contribution >= 4 is 21.6 Å². The van der Waals surface area contributed by atoms with Gasteiger partial charge in [0.1, 0.15) is 0 Å². The lowest BCUT2D eigenvalue weighted by molar-refractivity contribution is -0.757. The number of nitrogens with zero attached hydrogens (tertiary/aromatic N) is 2. The highest BCUT2D eigenvalue weighted by Crippen LogP contribution is 2.34. The molecule has 1 aromatic heterocycles. The number of aromatic amines is 1. The van der Waals surface area contributed by atoms with Crippen LogP contribution in [-0.4, -0.2) is 36.9 Å². The zero-order valence-corrected chi connectivity index (χ0v) is 17.7. The standard InChI is InChI=1S/C19H19ClN4O6S/c20-15-6-2-14(3-7-15)19-18(13-4-8-16(9-5-13)31(21,27)28)17(22-23-19)12-29-10-1-11-30-24(25)26/h2-9H,1,10-12H2,(H,22,23)(H2,21,27,28). The van der Waals surface area contributed by atoms with E-state index in [0.717, 1.165) is 11.1 Å². The van der Waals surface area contributed by atoms with Gasteiger partial charge in [0, 0.05) is 22.8 Å². The quantitative estimate of drug-likeness (QED) is 0.264. The van der Waals surface area contributed by atoms with E-state index in [0.29, 0.717) is 28.4 Å². The molecule has 0 radical (unpaired) electrons. The van der Waals surface area contributed by atoms with E-state index in [1.807, 2.05) is 12.1 Å². The summed E-state index contributed by atoms with van der Waals surface area (Å²) in [5, 5.41) is 22.4. The van der Waals surface area contributed by atoms with Crippen LogP contribution in [0.5, 0.6) is 0 Å². The summed E-state index contributed by atoms with van der Waals surface area (Å²) in [6, 6.07) is 13.3. The van der Waals surface area contributed by atoms with Crippen LogP contribution in [0.1, 0.15) is 12.1 Å². The van der Waals surface area contributed by atoms with Crippen molar-refractivity contribution < 1.29 is 23.1 Å². The fourth-order valence-electron chi connectivity index (χ4n) is 2.90. The first-order valence-electron chi connectivity index (χ1n) is 9.07. The molecule has 0 aliphatic rings. The zero-order chi connectivity index (χ0) is 22.4. The molecule has 0 aliphatic carbocycles. The summed E-state index contributed by atoms with van der Waals surface area (Å²) >= 11 is 5.98. The van der Waals surface area contributed by atoms with Crippen molar-refractivity contribution in [2.24, 2.45) is 5.14 Å². The molecule has 3 aromatic rings. The number of nitrogens with two attached hydrogens (primary N) is 1. The molecular weight excluding hydrogens is 448 g/mol. The molecule has 3 rings (SSSR count). The molecule has 31 heavy (non-hydrogen) atoms. The van der Waals surface area contributed by atoms with Gasteiger partial charge >= 0.3 is 0 Å². The minimum atomic E-state index is -3.82. The number of hydrogen-bond donors (Lipinski definition) is 2. The van der Waals surface area contributed by atoms with Crippen LogP contribution < -0.4 is 5.14 Å². The molecule has 2 aromatic carbocycles. The largest absolute Gasteiger partial charge is 0.375 e. The molecule has 0 unspecified atom stereocenters. The van der Waals surface area contributed by atoms with Gasteiger partial charge in [-0.15, -0.1) is 10.1 Å². The van der Waals surface area contributed by atoms with Crippen molar-refractivity contribution in [2.75, 3.05) is 13.2 Å². The third kappa shape index (κ3) is 6.01. The summed E-state index contributed by atoms with van der Waals surface area (Å²) in [7, 11) is -3.82. The highest BCUT2D eigenvalue weighted by molar-refractivity contribution is 7.89. The van der Waals surface area contributed by atoms with E-state index >= 15 is 0 Å². The monoisotopic (exact) mass is 466 g/mol. The molecule has 0 atom stereocenters. The molecule has 0 aliphatic heterocycles. The maximum absolute atomic E-state index is 11.6. The Morgan fingerprint density at radius 2 is 1.71 bits per heavy atom. The maximum atomic E-state index is 11.6. The fraction of sp³-hybridized carbons (Fsp3) is 0.211. The van der Waals surface area contributed by atoms with Crippen LogP contribution in [0.3, 0.4) is 0 Å². The number of sulfonamides is 1. The van der Waals surface area contributed by atoms with Crippen LogP contribution in [0.25, 0.3) is 22.4 Å². The lowest BCUT2D eigenvalue weighted by Crippen LogP contribution is -2.11. The molecule has 3 N–H and O–H groups in total. The Bertz CT molecular complexity index is 1150. The van der Waals surface area contributed by atoms with Gasteiger partial charge in [-0.2, -0.15) is 5.10 Å². The normalized spacial score (nSPS) is 11.4. The van der Waals surface area contributed by atoms with Gasteiger partial charge in [-0.3, -0.25) is 5.10 Å². The number of halogens is 1. The Morgan fingerprint density at radius 1 is 1.06 bits per heavy atom. The van der Waals surface area contributed by atoms with Crippen LogP contribution in [0.4, 0.5) is 0 Å². The number of benzene rings is 2. The van der Waals surface area contributed by atoms with Gasteiger partial charge in [-0.1, -0.05) is 35.9 Å². The van der Waals surface area contributed by atoms with E-state index in [1.165, 1.54) is 12.1 Å². The summed E-state index contributed by atoms with van der Waals surface area (Å²) in [6.45, 7) is 0.307. The molecule has 0 saturated heterocycles. The molecule has 0 fully saturated rings. The Balaban J connectivity index is 1.87. The average Bonchev–Trinajstić information content (AvgIpc) is 3.14. The maximum Gasteiger partial charge on any atom is 0.294 e. The zero-order valence-electron chi connectivity index (χ0n) is 16.2. The first-order chi connectivity index (χ1) is 14.8. The van der Waals surface area contributed by atoms with E-state index in [1.54, 1.807) is 24.3 Å². The molecule has 10 nitrogen and oxygen atoms in total. The van der Waals surface area contributed by atoms with Crippen LogP contribution in [0, 0.1) is 10.1 Å². The number of aromatic nitrogens is 2. The van der Waals surface area contributed by atoms with Gasteiger partial charge in [0.05, 0.1) is 29.5 Å². The first-order valence-corrected chi connectivity index (χ1v) is 11.0. The van der Waals surface area contributed by atoms with Gasteiger partial charge in [-0.05, 0) is 36.2 Å². The lowest BCUT2D eigenvalue weighted by atomic mass is 9.99. The van der Waals surface area contributed by atoms with Crippen LogP contribution in [0.15, 0.2) is 53.4 Å². The molecule has 0 spiro atoms. The number of hydrogen-bond acceptors (Lipinski definition) is 7. The summed E-state index contributed by atoms with van der Waals surface area (Å²) in [5.74, 6) is 0. The van der Waals surface area contributed by atoms with Gasteiger partial charge < -0.3 is 9.57 Å². The van der Waals surface area contributed by atoms with Gasteiger partial charge in [0.2, 0.25) is 10.0 Å². The van der Waals surface area contributed by atoms with Crippen LogP contribution in [0.2, 0.25) is 5.02 Å².